The smallest absolute Gasteiger partial charge is 0.220 e. The molecule has 0 saturated heterocycles. The van der Waals surface area contributed by atoms with Gasteiger partial charge in [-0.2, -0.15) is 0 Å². The van der Waals surface area contributed by atoms with Crippen LogP contribution in [-0.4, -0.2) is 24.3 Å². The van der Waals surface area contributed by atoms with Crippen molar-refractivity contribution in [3.63, 3.8) is 0 Å². The highest BCUT2D eigenvalue weighted by Crippen LogP contribution is 2.15. The van der Waals surface area contributed by atoms with Crippen LogP contribution in [0, 0.1) is 13.8 Å². The lowest BCUT2D eigenvalue weighted by molar-refractivity contribution is -0.121. The number of hydrogen-bond acceptors (Lipinski definition) is 3. The first kappa shape index (κ1) is 20.7. The second-order valence-electron chi connectivity index (χ2n) is 7.14. The number of hydrogen-bond donors (Lipinski definition) is 1. The largest absolute Gasteiger partial charge is 0.494 e. The third-order valence-corrected chi connectivity index (χ3v) is 4.49. The van der Waals surface area contributed by atoms with Crippen LogP contribution in [0.5, 0.6) is 5.75 Å². The van der Waals surface area contributed by atoms with Crippen molar-refractivity contribution >= 4 is 11.7 Å². The highest BCUT2D eigenvalue weighted by atomic mass is 16.5. The van der Waals surface area contributed by atoms with E-state index >= 15 is 0 Å². The third kappa shape index (κ3) is 6.89. The summed E-state index contributed by atoms with van der Waals surface area (Å²) in [4.78, 5) is 23.5. The summed E-state index contributed by atoms with van der Waals surface area (Å²) in [6.07, 6.45) is 1.88. The van der Waals surface area contributed by atoms with E-state index in [1.165, 1.54) is 23.6 Å². The zero-order valence-electron chi connectivity index (χ0n) is 16.7. The molecule has 0 aliphatic rings. The van der Waals surface area contributed by atoms with Gasteiger partial charge in [0, 0.05) is 18.0 Å². The molecule has 0 radical (unpaired) electrons. The predicted molar refractivity (Wildman–Crippen MR) is 108 cm³/mol. The maximum atomic E-state index is 12.1. The molecule has 0 saturated carbocycles. The topological polar surface area (TPSA) is 55.4 Å². The number of nitrogens with one attached hydrogen (secondary N) is 1. The van der Waals surface area contributed by atoms with Gasteiger partial charge in [-0.05, 0) is 63.8 Å². The van der Waals surface area contributed by atoms with E-state index in [9.17, 15) is 9.59 Å². The lowest BCUT2D eigenvalue weighted by Crippen LogP contribution is -2.34. The molecule has 4 nitrogen and oxygen atoms in total. The number of carbonyl (C=O) groups is 2. The molecule has 1 amide bonds. The molecule has 2 aromatic carbocycles. The van der Waals surface area contributed by atoms with Crippen LogP contribution in [-0.2, 0) is 11.2 Å². The molecule has 144 valence electrons. The van der Waals surface area contributed by atoms with Gasteiger partial charge in [0.2, 0.25) is 5.91 Å². The number of ketones is 1. The number of aryl methyl sites for hydroxylation is 2. The molecule has 0 aromatic heterocycles. The maximum absolute atomic E-state index is 12.1. The fraction of sp³-hybridized carbons (Fsp3) is 0.391. The molecular weight excluding hydrogens is 338 g/mol. The van der Waals surface area contributed by atoms with Gasteiger partial charge in [-0.25, -0.2) is 0 Å². The van der Waals surface area contributed by atoms with Gasteiger partial charge in [0.05, 0.1) is 6.61 Å². The molecule has 4 heteroatoms. The minimum Gasteiger partial charge on any atom is -0.494 e. The summed E-state index contributed by atoms with van der Waals surface area (Å²) in [6.45, 7) is 8.19. The van der Waals surface area contributed by atoms with Crippen LogP contribution < -0.4 is 10.1 Å². The standard InChI is InChI=1S/C23H29NO3/c1-16-10-11-20(17(2)13-16)14-18(3)24-23(26)9-6-12-27-22-8-5-7-21(15-22)19(4)25/h5,7-8,10-11,13,15,18H,6,9,12,14H2,1-4H3,(H,24,26). The summed E-state index contributed by atoms with van der Waals surface area (Å²) in [5, 5.41) is 3.05. The van der Waals surface area contributed by atoms with Crippen molar-refractivity contribution in [2.75, 3.05) is 6.61 Å². The SMILES string of the molecule is CC(=O)c1cccc(OCCCC(=O)NC(C)Cc2ccc(C)cc2C)c1. The number of carbonyl (C=O) groups excluding carboxylic acids is 2. The molecule has 2 aromatic rings. The normalized spacial score (nSPS) is 11.7. The molecule has 2 rings (SSSR count). The van der Waals surface area contributed by atoms with E-state index in [1.807, 2.05) is 13.0 Å². The molecule has 0 spiro atoms. The first-order valence-electron chi connectivity index (χ1n) is 9.44. The zero-order chi connectivity index (χ0) is 19.8. The van der Waals surface area contributed by atoms with Gasteiger partial charge in [-0.1, -0.05) is 35.9 Å². The summed E-state index contributed by atoms with van der Waals surface area (Å²) in [6, 6.07) is 13.6. The van der Waals surface area contributed by atoms with Crippen LogP contribution in [0.25, 0.3) is 0 Å². The molecule has 1 atom stereocenters. The quantitative estimate of drug-likeness (QED) is 0.527. The van der Waals surface area contributed by atoms with Gasteiger partial charge < -0.3 is 10.1 Å². The Morgan fingerprint density at radius 3 is 2.59 bits per heavy atom. The summed E-state index contributed by atoms with van der Waals surface area (Å²) in [5.74, 6) is 0.706. The summed E-state index contributed by atoms with van der Waals surface area (Å²) < 4.78 is 5.64. The van der Waals surface area contributed by atoms with Crippen molar-refractivity contribution in [3.8, 4) is 5.75 Å². The fourth-order valence-corrected chi connectivity index (χ4v) is 3.03. The average Bonchev–Trinajstić information content (AvgIpc) is 2.61. The number of benzene rings is 2. The lowest BCUT2D eigenvalue weighted by Gasteiger charge is -2.16. The number of ether oxygens (including phenoxy) is 1. The van der Waals surface area contributed by atoms with E-state index in [4.69, 9.17) is 4.74 Å². The Kier molecular flexibility index (Phi) is 7.59. The van der Waals surface area contributed by atoms with Crippen LogP contribution in [0.2, 0.25) is 0 Å². The molecule has 0 bridgehead atoms. The third-order valence-electron chi connectivity index (χ3n) is 4.49. The lowest BCUT2D eigenvalue weighted by atomic mass is 10.00. The fourth-order valence-electron chi connectivity index (χ4n) is 3.03. The highest BCUT2D eigenvalue weighted by molar-refractivity contribution is 5.94. The number of amides is 1. The molecule has 0 aliphatic carbocycles. The van der Waals surface area contributed by atoms with Crippen molar-refractivity contribution in [1.82, 2.24) is 5.32 Å². The van der Waals surface area contributed by atoms with Gasteiger partial charge in [-0.3, -0.25) is 9.59 Å². The minimum atomic E-state index is 0.0117. The van der Waals surface area contributed by atoms with Gasteiger partial charge in [0.25, 0.3) is 0 Å². The maximum Gasteiger partial charge on any atom is 0.220 e. The number of Topliss-reactive ketones (excluding diaryl/α,β-unsaturated/α-hetero) is 1. The van der Waals surface area contributed by atoms with Crippen LogP contribution in [0.1, 0.15) is 53.7 Å². The molecule has 27 heavy (non-hydrogen) atoms. The van der Waals surface area contributed by atoms with Gasteiger partial charge in [0.15, 0.2) is 5.78 Å². The van der Waals surface area contributed by atoms with Crippen LogP contribution >= 0.6 is 0 Å². The van der Waals surface area contributed by atoms with Crippen LogP contribution in [0.4, 0.5) is 0 Å². The van der Waals surface area contributed by atoms with Crippen molar-refractivity contribution in [2.45, 2.75) is 53.0 Å². The van der Waals surface area contributed by atoms with Crippen LogP contribution in [0.15, 0.2) is 42.5 Å². The summed E-state index contributed by atoms with van der Waals surface area (Å²) in [5.41, 5.74) is 4.41. The molecule has 1 unspecified atom stereocenters. The Morgan fingerprint density at radius 1 is 1.11 bits per heavy atom. The van der Waals surface area contributed by atoms with E-state index in [0.29, 0.717) is 30.8 Å². The summed E-state index contributed by atoms with van der Waals surface area (Å²) in [7, 11) is 0. The van der Waals surface area contributed by atoms with Gasteiger partial charge in [-0.15, -0.1) is 0 Å². The number of rotatable bonds is 9. The minimum absolute atomic E-state index is 0.0117. The van der Waals surface area contributed by atoms with E-state index in [0.717, 1.165) is 6.42 Å². The van der Waals surface area contributed by atoms with Crippen molar-refractivity contribution in [3.05, 3.63) is 64.7 Å². The summed E-state index contributed by atoms with van der Waals surface area (Å²) >= 11 is 0. The van der Waals surface area contributed by atoms with Crippen molar-refractivity contribution in [1.29, 1.82) is 0 Å². The Balaban J connectivity index is 1.71. The first-order valence-corrected chi connectivity index (χ1v) is 9.44. The Morgan fingerprint density at radius 2 is 1.89 bits per heavy atom. The zero-order valence-corrected chi connectivity index (χ0v) is 16.7. The van der Waals surface area contributed by atoms with Gasteiger partial charge in [0.1, 0.15) is 5.75 Å². The molecule has 0 fully saturated rings. The molecule has 0 aliphatic heterocycles. The van der Waals surface area contributed by atoms with Gasteiger partial charge >= 0.3 is 0 Å². The molecular formula is C23H29NO3. The van der Waals surface area contributed by atoms with Crippen LogP contribution in [0.3, 0.4) is 0 Å². The second-order valence-corrected chi connectivity index (χ2v) is 7.14. The monoisotopic (exact) mass is 367 g/mol. The van der Waals surface area contributed by atoms with E-state index < -0.39 is 0 Å². The van der Waals surface area contributed by atoms with Crippen molar-refractivity contribution < 1.29 is 14.3 Å². The van der Waals surface area contributed by atoms with Crippen molar-refractivity contribution in [2.24, 2.45) is 0 Å². The predicted octanol–water partition coefficient (Wildman–Crippen LogP) is 4.41. The van der Waals surface area contributed by atoms with E-state index in [1.54, 1.807) is 18.2 Å². The van der Waals surface area contributed by atoms with E-state index in [-0.39, 0.29) is 17.7 Å². The Bertz CT molecular complexity index is 798. The Hall–Kier alpha value is -2.62. The Labute approximate surface area is 161 Å². The molecule has 1 N–H and O–H groups in total. The van der Waals surface area contributed by atoms with E-state index in [2.05, 4.69) is 37.4 Å². The first-order chi connectivity index (χ1) is 12.8. The highest BCUT2D eigenvalue weighted by Gasteiger charge is 2.10. The molecule has 0 heterocycles. The second kappa shape index (κ2) is 9.91. The average molecular weight is 367 g/mol.